The van der Waals surface area contributed by atoms with E-state index in [0.717, 1.165) is 12.1 Å². The molecule has 96 valence electrons. The molecule has 0 aliphatic heterocycles. The third-order valence-corrected chi connectivity index (χ3v) is 2.59. The van der Waals surface area contributed by atoms with Crippen LogP contribution in [0.3, 0.4) is 0 Å². The van der Waals surface area contributed by atoms with Gasteiger partial charge in [0.15, 0.2) is 0 Å². The lowest BCUT2D eigenvalue weighted by atomic mass is 10.1. The van der Waals surface area contributed by atoms with Crippen LogP contribution in [-0.4, -0.2) is 0 Å². The van der Waals surface area contributed by atoms with E-state index in [9.17, 15) is 13.2 Å². The van der Waals surface area contributed by atoms with Gasteiger partial charge in [0.25, 0.3) is 0 Å². The first-order valence-corrected chi connectivity index (χ1v) is 5.45. The Morgan fingerprint density at radius 2 is 1.89 bits per heavy atom. The first kappa shape index (κ1) is 13.0. The van der Waals surface area contributed by atoms with Gasteiger partial charge in [-0.25, -0.2) is 0 Å². The Hall–Kier alpha value is -1.46. The number of rotatable bonds is 2. The van der Waals surface area contributed by atoms with E-state index >= 15 is 0 Å². The molecule has 1 aromatic heterocycles. The minimum Gasteiger partial charge on any atom is -0.460 e. The molecule has 0 amide bonds. The van der Waals surface area contributed by atoms with Crippen LogP contribution in [0.25, 0.3) is 11.3 Å². The third-order valence-electron chi connectivity index (χ3n) is 2.37. The largest absolute Gasteiger partial charge is 0.460 e. The number of hydrogen-bond acceptors (Lipinski definition) is 2. The Morgan fingerprint density at radius 3 is 2.44 bits per heavy atom. The van der Waals surface area contributed by atoms with Gasteiger partial charge in [-0.05, 0) is 30.3 Å². The zero-order valence-corrected chi connectivity index (χ0v) is 9.85. The van der Waals surface area contributed by atoms with Gasteiger partial charge in [0.05, 0.1) is 12.1 Å². The number of benzene rings is 1. The molecule has 0 saturated carbocycles. The maximum absolute atomic E-state index is 12.6. The Balaban J connectivity index is 2.48. The van der Waals surface area contributed by atoms with Crippen molar-refractivity contribution in [3.63, 3.8) is 0 Å². The highest BCUT2D eigenvalue weighted by Gasteiger charge is 2.31. The second-order valence-corrected chi connectivity index (χ2v) is 4.13. The van der Waals surface area contributed by atoms with Crippen molar-refractivity contribution in [3.05, 3.63) is 46.7 Å². The highest BCUT2D eigenvalue weighted by Crippen LogP contribution is 2.35. The molecule has 1 aromatic carbocycles. The number of nitrogens with two attached hydrogens (primary N) is 1. The predicted octanol–water partition coefficient (Wildman–Crippen LogP) is 4.08. The minimum absolute atomic E-state index is 0.00511. The highest BCUT2D eigenvalue weighted by atomic mass is 35.5. The SMILES string of the molecule is NCc1ccc(-c2cc(Cl)cc(C(F)(F)F)c2)o1. The second kappa shape index (κ2) is 4.66. The molecule has 2 rings (SSSR count). The maximum atomic E-state index is 12.6. The summed E-state index contributed by atoms with van der Waals surface area (Å²) in [6, 6.07) is 6.45. The molecule has 0 unspecified atom stereocenters. The molecular weight excluding hydrogens is 267 g/mol. The zero-order chi connectivity index (χ0) is 13.3. The molecule has 2 aromatic rings. The summed E-state index contributed by atoms with van der Waals surface area (Å²) in [4.78, 5) is 0. The quantitative estimate of drug-likeness (QED) is 0.897. The molecule has 0 aliphatic rings. The Bertz CT molecular complexity index is 563. The van der Waals surface area contributed by atoms with Crippen molar-refractivity contribution in [2.75, 3.05) is 0 Å². The molecule has 0 radical (unpaired) electrons. The fourth-order valence-corrected chi connectivity index (χ4v) is 1.77. The lowest BCUT2D eigenvalue weighted by Crippen LogP contribution is -2.04. The normalized spacial score (nSPS) is 11.8. The smallest absolute Gasteiger partial charge is 0.416 e. The van der Waals surface area contributed by atoms with Crippen LogP contribution in [0.4, 0.5) is 13.2 Å². The lowest BCUT2D eigenvalue weighted by molar-refractivity contribution is -0.137. The van der Waals surface area contributed by atoms with Crippen LogP contribution in [0, 0.1) is 0 Å². The van der Waals surface area contributed by atoms with Crippen LogP contribution >= 0.6 is 11.6 Å². The van der Waals surface area contributed by atoms with E-state index in [4.69, 9.17) is 21.8 Å². The van der Waals surface area contributed by atoms with E-state index < -0.39 is 11.7 Å². The van der Waals surface area contributed by atoms with Crippen molar-refractivity contribution < 1.29 is 17.6 Å². The maximum Gasteiger partial charge on any atom is 0.416 e. The monoisotopic (exact) mass is 275 g/mol. The standard InChI is InChI=1S/C12H9ClF3NO/c13-9-4-7(3-8(5-9)12(14,15)16)11-2-1-10(6-17)18-11/h1-5H,6,17H2. The average Bonchev–Trinajstić information content (AvgIpc) is 2.75. The van der Waals surface area contributed by atoms with Crippen LogP contribution in [-0.2, 0) is 12.7 Å². The summed E-state index contributed by atoms with van der Waals surface area (Å²) >= 11 is 5.68. The molecule has 18 heavy (non-hydrogen) atoms. The van der Waals surface area contributed by atoms with Gasteiger partial charge in [-0.1, -0.05) is 11.6 Å². The summed E-state index contributed by atoms with van der Waals surface area (Å²) in [6.45, 7) is 0.187. The van der Waals surface area contributed by atoms with E-state index in [1.54, 1.807) is 12.1 Å². The van der Waals surface area contributed by atoms with Crippen LogP contribution in [0.2, 0.25) is 5.02 Å². The fraction of sp³-hybridized carbons (Fsp3) is 0.167. The van der Waals surface area contributed by atoms with Gasteiger partial charge < -0.3 is 10.2 Å². The molecule has 6 heteroatoms. The van der Waals surface area contributed by atoms with Crippen LogP contribution in [0.5, 0.6) is 0 Å². The summed E-state index contributed by atoms with van der Waals surface area (Å²) in [7, 11) is 0. The van der Waals surface area contributed by atoms with Gasteiger partial charge in [0.2, 0.25) is 0 Å². The molecule has 0 aliphatic carbocycles. The molecular formula is C12H9ClF3NO. The van der Waals surface area contributed by atoms with Crippen molar-refractivity contribution >= 4 is 11.6 Å². The van der Waals surface area contributed by atoms with Crippen LogP contribution in [0.1, 0.15) is 11.3 Å². The molecule has 0 atom stereocenters. The van der Waals surface area contributed by atoms with Crippen LogP contribution < -0.4 is 5.73 Å². The predicted molar refractivity (Wildman–Crippen MR) is 62.0 cm³/mol. The topological polar surface area (TPSA) is 39.2 Å². The lowest BCUT2D eigenvalue weighted by Gasteiger charge is -2.08. The van der Waals surface area contributed by atoms with Crippen molar-refractivity contribution in [2.45, 2.75) is 12.7 Å². The van der Waals surface area contributed by atoms with E-state index in [1.165, 1.54) is 6.07 Å². The van der Waals surface area contributed by atoms with Crippen molar-refractivity contribution in [3.8, 4) is 11.3 Å². The fourth-order valence-electron chi connectivity index (χ4n) is 1.54. The summed E-state index contributed by atoms with van der Waals surface area (Å²) in [5.74, 6) is 0.807. The Kier molecular flexibility index (Phi) is 3.36. The van der Waals surface area contributed by atoms with Gasteiger partial charge in [0, 0.05) is 10.6 Å². The first-order chi connectivity index (χ1) is 8.40. The van der Waals surface area contributed by atoms with E-state index in [1.807, 2.05) is 0 Å². The average molecular weight is 276 g/mol. The van der Waals surface area contributed by atoms with Gasteiger partial charge in [0.1, 0.15) is 11.5 Å². The first-order valence-electron chi connectivity index (χ1n) is 5.07. The third kappa shape index (κ3) is 2.68. The van der Waals surface area contributed by atoms with Crippen molar-refractivity contribution in [1.29, 1.82) is 0 Å². The molecule has 0 spiro atoms. The minimum atomic E-state index is -4.44. The van der Waals surface area contributed by atoms with Crippen LogP contribution in [0.15, 0.2) is 34.7 Å². The molecule has 1 heterocycles. The number of hydrogen-bond donors (Lipinski definition) is 1. The van der Waals surface area contributed by atoms with Gasteiger partial charge in [-0.3, -0.25) is 0 Å². The number of furan rings is 1. The molecule has 0 fully saturated rings. The molecule has 2 nitrogen and oxygen atoms in total. The zero-order valence-electron chi connectivity index (χ0n) is 9.09. The summed E-state index contributed by atoms with van der Waals surface area (Å²) in [6.07, 6.45) is -4.44. The van der Waals surface area contributed by atoms with Crippen molar-refractivity contribution in [2.24, 2.45) is 5.73 Å². The van der Waals surface area contributed by atoms with Gasteiger partial charge in [-0.15, -0.1) is 0 Å². The summed E-state index contributed by atoms with van der Waals surface area (Å²) in [5.41, 5.74) is 4.83. The number of alkyl halides is 3. The van der Waals surface area contributed by atoms with E-state index in [2.05, 4.69) is 0 Å². The Morgan fingerprint density at radius 1 is 1.17 bits per heavy atom. The van der Waals surface area contributed by atoms with E-state index in [-0.39, 0.29) is 17.1 Å². The van der Waals surface area contributed by atoms with E-state index in [0.29, 0.717) is 11.5 Å². The van der Waals surface area contributed by atoms with Gasteiger partial charge in [-0.2, -0.15) is 13.2 Å². The Labute approximate surface area is 106 Å². The second-order valence-electron chi connectivity index (χ2n) is 3.70. The summed E-state index contributed by atoms with van der Waals surface area (Å²) < 4.78 is 43.2. The van der Waals surface area contributed by atoms with Crippen molar-refractivity contribution in [1.82, 2.24) is 0 Å². The summed E-state index contributed by atoms with van der Waals surface area (Å²) in [5, 5.41) is 0.00511. The molecule has 0 bridgehead atoms. The van der Waals surface area contributed by atoms with Gasteiger partial charge >= 0.3 is 6.18 Å². The molecule has 0 saturated heterocycles. The number of halogens is 4. The molecule has 2 N–H and O–H groups in total. The highest BCUT2D eigenvalue weighted by molar-refractivity contribution is 6.30.